The number of cyclic esters (lactones) is 1. The summed E-state index contributed by atoms with van der Waals surface area (Å²) < 4.78 is 10.4. The second-order valence-corrected chi connectivity index (χ2v) is 5.99. The summed E-state index contributed by atoms with van der Waals surface area (Å²) in [6, 6.07) is 6.85. The molecule has 0 spiro atoms. The van der Waals surface area contributed by atoms with Gasteiger partial charge < -0.3 is 20.1 Å². The van der Waals surface area contributed by atoms with Crippen molar-refractivity contribution < 1.29 is 19.1 Å². The fraction of sp³-hybridized carbons (Fsp3) is 0.529. The van der Waals surface area contributed by atoms with Crippen LogP contribution in [0.5, 0.6) is 0 Å². The first-order valence-electron chi connectivity index (χ1n) is 8.24. The number of urea groups is 1. The SMILES string of the molecule is CC(C)COCCCNC(=O)Nc1ccccc1N1CCOC1=O. The molecular weight excluding hydrogens is 310 g/mol. The maximum atomic E-state index is 12.0. The van der Waals surface area contributed by atoms with Crippen molar-refractivity contribution >= 4 is 23.5 Å². The van der Waals surface area contributed by atoms with E-state index in [0.717, 1.165) is 13.0 Å². The van der Waals surface area contributed by atoms with E-state index in [2.05, 4.69) is 24.5 Å². The number of hydrogen-bond donors (Lipinski definition) is 2. The molecule has 2 N–H and O–H groups in total. The van der Waals surface area contributed by atoms with Crippen molar-refractivity contribution in [2.45, 2.75) is 20.3 Å². The van der Waals surface area contributed by atoms with Crippen molar-refractivity contribution in [2.24, 2.45) is 5.92 Å². The normalized spacial score (nSPS) is 14.0. The number of anilines is 2. The maximum absolute atomic E-state index is 12.0. The van der Waals surface area contributed by atoms with E-state index in [0.29, 0.717) is 43.6 Å². The fourth-order valence-corrected chi connectivity index (χ4v) is 2.29. The molecule has 0 atom stereocenters. The number of hydrogen-bond acceptors (Lipinski definition) is 4. The minimum atomic E-state index is -0.396. The van der Waals surface area contributed by atoms with Gasteiger partial charge in [0.25, 0.3) is 0 Å². The quantitative estimate of drug-likeness (QED) is 0.716. The van der Waals surface area contributed by atoms with E-state index in [1.165, 1.54) is 4.90 Å². The summed E-state index contributed by atoms with van der Waals surface area (Å²) in [7, 11) is 0. The number of nitrogens with one attached hydrogen (secondary N) is 2. The van der Waals surface area contributed by atoms with Crippen LogP contribution in [0.3, 0.4) is 0 Å². The third kappa shape index (κ3) is 5.42. The molecule has 1 fully saturated rings. The predicted octanol–water partition coefficient (Wildman–Crippen LogP) is 2.83. The average molecular weight is 335 g/mol. The van der Waals surface area contributed by atoms with Crippen LogP contribution in [0.2, 0.25) is 0 Å². The number of para-hydroxylation sites is 2. The van der Waals surface area contributed by atoms with Gasteiger partial charge in [-0.15, -0.1) is 0 Å². The van der Waals surface area contributed by atoms with Gasteiger partial charge in [0, 0.05) is 19.8 Å². The molecule has 1 aliphatic rings. The zero-order valence-corrected chi connectivity index (χ0v) is 14.2. The first-order valence-corrected chi connectivity index (χ1v) is 8.24. The minimum Gasteiger partial charge on any atom is -0.447 e. The Bertz CT molecular complexity index is 563. The van der Waals surface area contributed by atoms with E-state index < -0.39 is 6.09 Å². The highest BCUT2D eigenvalue weighted by Crippen LogP contribution is 2.27. The summed E-state index contributed by atoms with van der Waals surface area (Å²) in [5, 5.41) is 5.56. The number of nitrogens with zero attached hydrogens (tertiary/aromatic N) is 1. The lowest BCUT2D eigenvalue weighted by molar-refractivity contribution is 0.108. The Morgan fingerprint density at radius 3 is 2.88 bits per heavy atom. The van der Waals surface area contributed by atoms with Crippen LogP contribution in [-0.4, -0.2) is 45.0 Å². The van der Waals surface area contributed by atoms with Gasteiger partial charge in [-0.05, 0) is 24.5 Å². The second-order valence-electron chi connectivity index (χ2n) is 5.99. The predicted molar refractivity (Wildman–Crippen MR) is 92.4 cm³/mol. The molecule has 0 unspecified atom stereocenters. The molecule has 0 radical (unpaired) electrons. The Morgan fingerprint density at radius 1 is 1.38 bits per heavy atom. The molecule has 2 rings (SSSR count). The smallest absolute Gasteiger partial charge is 0.414 e. The zero-order valence-electron chi connectivity index (χ0n) is 14.2. The molecule has 1 aliphatic heterocycles. The molecule has 1 heterocycles. The van der Waals surface area contributed by atoms with Crippen LogP contribution in [0, 0.1) is 5.92 Å². The number of benzene rings is 1. The second kappa shape index (κ2) is 9.12. The van der Waals surface area contributed by atoms with E-state index >= 15 is 0 Å². The monoisotopic (exact) mass is 335 g/mol. The van der Waals surface area contributed by atoms with Crippen molar-refractivity contribution in [1.82, 2.24) is 5.32 Å². The number of carbonyl (C=O) groups is 2. The molecule has 132 valence electrons. The van der Waals surface area contributed by atoms with Crippen LogP contribution < -0.4 is 15.5 Å². The van der Waals surface area contributed by atoms with Gasteiger partial charge in [0.15, 0.2) is 0 Å². The van der Waals surface area contributed by atoms with Crippen molar-refractivity contribution in [2.75, 3.05) is 43.1 Å². The lowest BCUT2D eigenvalue weighted by Gasteiger charge is -2.18. The lowest BCUT2D eigenvalue weighted by Crippen LogP contribution is -2.31. The van der Waals surface area contributed by atoms with Gasteiger partial charge in [0.2, 0.25) is 0 Å². The summed E-state index contributed by atoms with van der Waals surface area (Å²) in [5.41, 5.74) is 1.21. The van der Waals surface area contributed by atoms with Crippen LogP contribution in [-0.2, 0) is 9.47 Å². The molecule has 3 amide bonds. The Balaban J connectivity index is 1.79. The van der Waals surface area contributed by atoms with Gasteiger partial charge in [0.05, 0.1) is 17.9 Å². The van der Waals surface area contributed by atoms with Crippen molar-refractivity contribution in [3.63, 3.8) is 0 Å². The van der Waals surface area contributed by atoms with Crippen molar-refractivity contribution in [3.8, 4) is 0 Å². The molecule has 0 aliphatic carbocycles. The standard InChI is InChI=1S/C17H25N3O4/c1-13(2)12-23-10-5-8-18-16(21)19-14-6-3-4-7-15(14)20-9-11-24-17(20)22/h3-4,6-7,13H,5,8-12H2,1-2H3,(H2,18,19,21). The molecule has 1 aromatic rings. The Kier molecular flexibility index (Phi) is 6.87. The first-order chi connectivity index (χ1) is 11.6. The maximum Gasteiger partial charge on any atom is 0.414 e. The lowest BCUT2D eigenvalue weighted by atomic mass is 10.2. The molecule has 7 nitrogen and oxygen atoms in total. The first kappa shape index (κ1) is 18.1. The van der Waals surface area contributed by atoms with Gasteiger partial charge in [-0.25, -0.2) is 9.59 Å². The molecule has 1 saturated heterocycles. The minimum absolute atomic E-state index is 0.307. The highest BCUT2D eigenvalue weighted by Gasteiger charge is 2.25. The van der Waals surface area contributed by atoms with Crippen LogP contribution in [0.4, 0.5) is 21.0 Å². The van der Waals surface area contributed by atoms with Crippen molar-refractivity contribution in [1.29, 1.82) is 0 Å². The molecular formula is C17H25N3O4. The summed E-state index contributed by atoms with van der Waals surface area (Å²) in [6.07, 6.45) is 0.354. The van der Waals surface area contributed by atoms with Gasteiger partial charge in [-0.3, -0.25) is 4.90 Å². The molecule has 1 aromatic carbocycles. The third-order valence-corrected chi connectivity index (χ3v) is 3.41. The average Bonchev–Trinajstić information content (AvgIpc) is 2.97. The third-order valence-electron chi connectivity index (χ3n) is 3.41. The summed E-state index contributed by atoms with van der Waals surface area (Å²) >= 11 is 0. The Morgan fingerprint density at radius 2 is 2.17 bits per heavy atom. The van der Waals surface area contributed by atoms with Gasteiger partial charge in [-0.1, -0.05) is 26.0 Å². The molecule has 0 saturated carbocycles. The Hall–Kier alpha value is -2.28. The van der Waals surface area contributed by atoms with Gasteiger partial charge in [-0.2, -0.15) is 0 Å². The van der Waals surface area contributed by atoms with Crippen LogP contribution >= 0.6 is 0 Å². The number of carbonyl (C=O) groups excluding carboxylic acids is 2. The number of amides is 3. The van der Waals surface area contributed by atoms with E-state index in [4.69, 9.17) is 9.47 Å². The largest absolute Gasteiger partial charge is 0.447 e. The summed E-state index contributed by atoms with van der Waals surface area (Å²) in [4.78, 5) is 25.2. The fourth-order valence-electron chi connectivity index (χ4n) is 2.29. The molecule has 7 heteroatoms. The van der Waals surface area contributed by atoms with E-state index in [1.807, 2.05) is 6.07 Å². The number of rotatable bonds is 8. The topological polar surface area (TPSA) is 79.9 Å². The van der Waals surface area contributed by atoms with E-state index in [9.17, 15) is 9.59 Å². The van der Waals surface area contributed by atoms with Crippen LogP contribution in [0.15, 0.2) is 24.3 Å². The van der Waals surface area contributed by atoms with Crippen LogP contribution in [0.25, 0.3) is 0 Å². The van der Waals surface area contributed by atoms with E-state index in [-0.39, 0.29) is 6.03 Å². The van der Waals surface area contributed by atoms with Crippen LogP contribution in [0.1, 0.15) is 20.3 Å². The van der Waals surface area contributed by atoms with Gasteiger partial charge >= 0.3 is 12.1 Å². The highest BCUT2D eigenvalue weighted by atomic mass is 16.6. The molecule has 0 bridgehead atoms. The molecule has 0 aromatic heterocycles. The zero-order chi connectivity index (χ0) is 17.4. The molecule has 24 heavy (non-hydrogen) atoms. The Labute approximate surface area is 142 Å². The van der Waals surface area contributed by atoms with E-state index in [1.54, 1.807) is 18.2 Å². The highest BCUT2D eigenvalue weighted by molar-refractivity contribution is 5.98. The van der Waals surface area contributed by atoms with Crippen molar-refractivity contribution in [3.05, 3.63) is 24.3 Å². The summed E-state index contributed by atoms with van der Waals surface area (Å²) in [6.45, 7) is 6.90. The number of ether oxygens (including phenoxy) is 2. The van der Waals surface area contributed by atoms with Gasteiger partial charge in [0.1, 0.15) is 6.61 Å². The summed E-state index contributed by atoms with van der Waals surface area (Å²) in [5.74, 6) is 0.509.